The lowest BCUT2D eigenvalue weighted by Crippen LogP contribution is -2.19. The van der Waals surface area contributed by atoms with Gasteiger partial charge >= 0.3 is 6.18 Å². The van der Waals surface area contributed by atoms with Crippen LogP contribution in [0.1, 0.15) is 12.0 Å². The molecule has 18 heavy (non-hydrogen) atoms. The van der Waals surface area contributed by atoms with Gasteiger partial charge in [0.05, 0.1) is 5.56 Å². The summed E-state index contributed by atoms with van der Waals surface area (Å²) in [6, 6.07) is 3.15. The van der Waals surface area contributed by atoms with Gasteiger partial charge in [-0.15, -0.1) is 11.6 Å². The topological polar surface area (TPSA) is 9.23 Å². The zero-order chi connectivity index (χ0) is 13.6. The SMILES string of the molecule is Fc1ccc(OCC(F)(F)F)c(C#CCCCl)c1. The van der Waals surface area contributed by atoms with Crippen LogP contribution < -0.4 is 4.74 Å². The van der Waals surface area contributed by atoms with Crippen molar-refractivity contribution in [2.45, 2.75) is 12.6 Å². The smallest absolute Gasteiger partial charge is 0.422 e. The van der Waals surface area contributed by atoms with E-state index in [9.17, 15) is 17.6 Å². The average molecular weight is 281 g/mol. The highest BCUT2D eigenvalue weighted by Gasteiger charge is 2.28. The molecule has 0 aliphatic carbocycles. The van der Waals surface area contributed by atoms with Crippen LogP contribution in [-0.4, -0.2) is 18.7 Å². The largest absolute Gasteiger partial charge is 0.483 e. The van der Waals surface area contributed by atoms with Crippen LogP contribution in [0.25, 0.3) is 0 Å². The molecule has 0 aliphatic rings. The molecule has 0 bridgehead atoms. The molecule has 0 saturated heterocycles. The first-order valence-corrected chi connectivity index (χ1v) is 5.50. The molecule has 0 atom stereocenters. The predicted octanol–water partition coefficient (Wildman–Crippen LogP) is 3.75. The van der Waals surface area contributed by atoms with E-state index in [0.717, 1.165) is 18.2 Å². The van der Waals surface area contributed by atoms with Crippen molar-refractivity contribution in [2.75, 3.05) is 12.5 Å². The predicted molar refractivity (Wildman–Crippen MR) is 60.2 cm³/mol. The molecule has 0 heterocycles. The lowest BCUT2D eigenvalue weighted by atomic mass is 10.2. The number of rotatable bonds is 3. The van der Waals surface area contributed by atoms with E-state index in [1.165, 1.54) is 0 Å². The summed E-state index contributed by atoms with van der Waals surface area (Å²) in [5, 5.41) is 0. The van der Waals surface area contributed by atoms with Crippen LogP contribution >= 0.6 is 11.6 Å². The molecule has 0 amide bonds. The Bertz CT molecular complexity index is 459. The fourth-order valence-corrected chi connectivity index (χ4v) is 1.18. The van der Waals surface area contributed by atoms with E-state index >= 15 is 0 Å². The maximum absolute atomic E-state index is 13.0. The van der Waals surface area contributed by atoms with Crippen molar-refractivity contribution >= 4 is 11.6 Å². The van der Waals surface area contributed by atoms with Gasteiger partial charge in [-0.05, 0) is 18.2 Å². The Morgan fingerprint density at radius 2 is 2.00 bits per heavy atom. The van der Waals surface area contributed by atoms with Crippen LogP contribution in [0.3, 0.4) is 0 Å². The van der Waals surface area contributed by atoms with Crippen molar-refractivity contribution in [3.05, 3.63) is 29.6 Å². The molecule has 0 spiro atoms. The van der Waals surface area contributed by atoms with Crippen LogP contribution in [0.4, 0.5) is 17.6 Å². The lowest BCUT2D eigenvalue weighted by Gasteiger charge is -2.10. The van der Waals surface area contributed by atoms with Gasteiger partial charge in [0.1, 0.15) is 11.6 Å². The standard InChI is InChI=1S/C12H9ClF4O/c13-6-2-1-3-9-7-10(14)4-5-11(9)18-8-12(15,16)17/h4-5,7H,2,6,8H2. The summed E-state index contributed by atoms with van der Waals surface area (Å²) in [7, 11) is 0. The molecule has 0 fully saturated rings. The van der Waals surface area contributed by atoms with E-state index in [2.05, 4.69) is 16.6 Å². The summed E-state index contributed by atoms with van der Waals surface area (Å²) in [6.07, 6.45) is -4.09. The maximum atomic E-state index is 13.0. The number of hydrogen-bond acceptors (Lipinski definition) is 1. The minimum Gasteiger partial charge on any atom is -0.483 e. The van der Waals surface area contributed by atoms with Crippen LogP contribution in [0.5, 0.6) is 5.75 Å². The highest BCUT2D eigenvalue weighted by molar-refractivity contribution is 6.18. The van der Waals surface area contributed by atoms with Crippen LogP contribution in [-0.2, 0) is 0 Å². The van der Waals surface area contributed by atoms with Crippen LogP contribution in [0.2, 0.25) is 0 Å². The van der Waals surface area contributed by atoms with Gasteiger partial charge in [0.15, 0.2) is 6.61 Å². The number of halogens is 5. The highest BCUT2D eigenvalue weighted by atomic mass is 35.5. The molecule has 0 aliphatic heterocycles. The van der Waals surface area contributed by atoms with Gasteiger partial charge in [-0.3, -0.25) is 0 Å². The molecule has 0 saturated carbocycles. The van der Waals surface area contributed by atoms with E-state index in [-0.39, 0.29) is 11.3 Å². The summed E-state index contributed by atoms with van der Waals surface area (Å²) in [6.45, 7) is -1.44. The molecule has 98 valence electrons. The second-order valence-corrected chi connectivity index (χ2v) is 3.66. The first-order chi connectivity index (χ1) is 8.42. The lowest BCUT2D eigenvalue weighted by molar-refractivity contribution is -0.153. The zero-order valence-corrected chi connectivity index (χ0v) is 9.91. The van der Waals surface area contributed by atoms with Gasteiger partial charge in [0, 0.05) is 12.3 Å². The van der Waals surface area contributed by atoms with E-state index in [0.29, 0.717) is 12.3 Å². The molecule has 1 nitrogen and oxygen atoms in total. The zero-order valence-electron chi connectivity index (χ0n) is 9.15. The van der Waals surface area contributed by atoms with E-state index < -0.39 is 18.6 Å². The number of hydrogen-bond donors (Lipinski definition) is 0. The summed E-state index contributed by atoms with van der Waals surface area (Å²) < 4.78 is 53.5. The van der Waals surface area contributed by atoms with Gasteiger partial charge in [-0.25, -0.2) is 4.39 Å². The Labute approximate surface area is 107 Å². The molecule has 1 rings (SSSR count). The Hall–Kier alpha value is -1.41. The summed E-state index contributed by atoms with van der Waals surface area (Å²) in [5.74, 6) is 4.73. The third-order valence-electron chi connectivity index (χ3n) is 1.78. The first kappa shape index (κ1) is 14.7. The fraction of sp³-hybridized carbons (Fsp3) is 0.333. The van der Waals surface area contributed by atoms with Crippen molar-refractivity contribution < 1.29 is 22.3 Å². The van der Waals surface area contributed by atoms with E-state index in [4.69, 9.17) is 11.6 Å². The second kappa shape index (κ2) is 6.50. The number of alkyl halides is 4. The summed E-state index contributed by atoms with van der Waals surface area (Å²) in [5.41, 5.74) is 0.0735. The maximum Gasteiger partial charge on any atom is 0.422 e. The Morgan fingerprint density at radius 3 is 2.61 bits per heavy atom. The third kappa shape index (κ3) is 5.28. The summed E-state index contributed by atoms with van der Waals surface area (Å²) >= 11 is 5.40. The Morgan fingerprint density at radius 1 is 1.28 bits per heavy atom. The van der Waals surface area contributed by atoms with Crippen molar-refractivity contribution in [3.63, 3.8) is 0 Å². The Kier molecular flexibility index (Phi) is 5.29. The van der Waals surface area contributed by atoms with E-state index in [1.54, 1.807) is 0 Å². The third-order valence-corrected chi connectivity index (χ3v) is 1.96. The van der Waals surface area contributed by atoms with Crippen molar-refractivity contribution in [1.82, 2.24) is 0 Å². The number of benzene rings is 1. The van der Waals surface area contributed by atoms with Crippen LogP contribution in [0, 0.1) is 17.7 Å². The minimum atomic E-state index is -4.45. The average Bonchev–Trinajstić information content (AvgIpc) is 2.27. The fourth-order valence-electron chi connectivity index (χ4n) is 1.09. The normalized spacial score (nSPS) is 10.7. The number of ether oxygens (including phenoxy) is 1. The van der Waals surface area contributed by atoms with Gasteiger partial charge in [0.25, 0.3) is 0 Å². The minimum absolute atomic E-state index is 0.0735. The summed E-state index contributed by atoms with van der Waals surface area (Å²) in [4.78, 5) is 0. The molecule has 0 radical (unpaired) electrons. The van der Waals surface area contributed by atoms with Gasteiger partial charge < -0.3 is 4.74 Å². The molecule has 6 heteroatoms. The highest BCUT2D eigenvalue weighted by Crippen LogP contribution is 2.22. The van der Waals surface area contributed by atoms with Gasteiger partial charge in [-0.2, -0.15) is 13.2 Å². The van der Waals surface area contributed by atoms with Gasteiger partial charge in [-0.1, -0.05) is 11.8 Å². The molecular weight excluding hydrogens is 272 g/mol. The molecule has 1 aromatic carbocycles. The molecule has 1 aromatic rings. The van der Waals surface area contributed by atoms with Crippen molar-refractivity contribution in [1.29, 1.82) is 0 Å². The van der Waals surface area contributed by atoms with Crippen molar-refractivity contribution in [3.8, 4) is 17.6 Å². The van der Waals surface area contributed by atoms with Gasteiger partial charge in [0.2, 0.25) is 0 Å². The van der Waals surface area contributed by atoms with E-state index in [1.807, 2.05) is 0 Å². The molecule has 0 N–H and O–H groups in total. The molecule has 0 unspecified atom stereocenters. The Balaban J connectivity index is 2.87. The van der Waals surface area contributed by atoms with Crippen molar-refractivity contribution in [2.24, 2.45) is 0 Å². The first-order valence-electron chi connectivity index (χ1n) is 4.96. The van der Waals surface area contributed by atoms with Crippen LogP contribution in [0.15, 0.2) is 18.2 Å². The quantitative estimate of drug-likeness (QED) is 0.465. The molecule has 0 aromatic heterocycles. The molecular formula is C12H9ClF4O. The second-order valence-electron chi connectivity index (χ2n) is 3.29. The monoisotopic (exact) mass is 280 g/mol.